The predicted octanol–water partition coefficient (Wildman–Crippen LogP) is 2.02. The van der Waals surface area contributed by atoms with Gasteiger partial charge in [0.2, 0.25) is 5.91 Å². The van der Waals surface area contributed by atoms with E-state index in [4.69, 9.17) is 0 Å². The van der Waals surface area contributed by atoms with Crippen molar-refractivity contribution in [3.63, 3.8) is 0 Å². The molecule has 0 aromatic heterocycles. The maximum Gasteiger partial charge on any atom is 0.251 e. The average molecular weight is 503 g/mol. The number of hydrogen-bond acceptors (Lipinski definition) is 3. The highest BCUT2D eigenvalue weighted by Gasteiger charge is 2.16. The molecular formula is C20H34IN5O2. The lowest BCUT2D eigenvalue weighted by Crippen LogP contribution is -2.48. The van der Waals surface area contributed by atoms with Crippen molar-refractivity contribution in [1.82, 2.24) is 20.9 Å². The van der Waals surface area contributed by atoms with Crippen LogP contribution in [0.5, 0.6) is 0 Å². The number of nitrogens with one attached hydrogen (secondary N) is 3. The maximum absolute atomic E-state index is 12.1. The lowest BCUT2D eigenvalue weighted by atomic mass is 10.1. The average Bonchev–Trinajstić information content (AvgIpc) is 2.58. The van der Waals surface area contributed by atoms with E-state index in [9.17, 15) is 9.59 Å². The highest BCUT2D eigenvalue weighted by Crippen LogP contribution is 2.06. The van der Waals surface area contributed by atoms with E-state index < -0.39 is 0 Å². The van der Waals surface area contributed by atoms with Crippen LogP contribution in [0.3, 0.4) is 0 Å². The minimum Gasteiger partial charge on any atom is -0.357 e. The molecule has 158 valence electrons. The molecule has 1 aromatic carbocycles. The lowest BCUT2D eigenvalue weighted by molar-refractivity contribution is -0.122. The van der Waals surface area contributed by atoms with E-state index in [1.165, 1.54) is 0 Å². The van der Waals surface area contributed by atoms with Gasteiger partial charge in [0.05, 0.1) is 6.54 Å². The third kappa shape index (κ3) is 9.91. The zero-order valence-electron chi connectivity index (χ0n) is 17.8. The van der Waals surface area contributed by atoms with Crippen molar-refractivity contribution in [3.8, 4) is 0 Å². The summed E-state index contributed by atoms with van der Waals surface area (Å²) >= 11 is 0. The first kappa shape index (κ1) is 26.2. The minimum atomic E-state index is -0.261. The van der Waals surface area contributed by atoms with Crippen LogP contribution in [0, 0.1) is 0 Å². The van der Waals surface area contributed by atoms with Crippen LogP contribution in [0.25, 0.3) is 0 Å². The van der Waals surface area contributed by atoms with E-state index >= 15 is 0 Å². The zero-order valence-corrected chi connectivity index (χ0v) is 20.1. The Bertz CT molecular complexity index is 671. The van der Waals surface area contributed by atoms with Crippen molar-refractivity contribution >= 4 is 41.8 Å². The molecule has 7 nitrogen and oxygen atoms in total. The van der Waals surface area contributed by atoms with Gasteiger partial charge in [-0.25, -0.2) is 0 Å². The molecule has 0 spiro atoms. The number of rotatable bonds is 7. The largest absolute Gasteiger partial charge is 0.357 e. The Morgan fingerprint density at radius 3 is 2.46 bits per heavy atom. The van der Waals surface area contributed by atoms with Gasteiger partial charge in [0, 0.05) is 38.3 Å². The molecule has 0 aliphatic rings. The number of amides is 2. The third-order valence-electron chi connectivity index (χ3n) is 3.67. The molecule has 0 bridgehead atoms. The topological polar surface area (TPSA) is 85.8 Å². The van der Waals surface area contributed by atoms with Crippen LogP contribution in [0.2, 0.25) is 0 Å². The highest BCUT2D eigenvalue weighted by atomic mass is 127. The van der Waals surface area contributed by atoms with Gasteiger partial charge in [-0.05, 0) is 51.8 Å². The van der Waals surface area contributed by atoms with Crippen LogP contribution in [0.1, 0.15) is 43.6 Å². The van der Waals surface area contributed by atoms with Gasteiger partial charge < -0.3 is 20.9 Å². The van der Waals surface area contributed by atoms with Crippen molar-refractivity contribution in [2.45, 2.75) is 39.7 Å². The van der Waals surface area contributed by atoms with Gasteiger partial charge in [-0.2, -0.15) is 0 Å². The summed E-state index contributed by atoms with van der Waals surface area (Å²) in [4.78, 5) is 30.3. The highest BCUT2D eigenvalue weighted by molar-refractivity contribution is 14.0. The van der Waals surface area contributed by atoms with Gasteiger partial charge in [0.25, 0.3) is 5.91 Å². The number of nitrogens with zero attached hydrogens (tertiary/aromatic N) is 2. The first-order valence-corrected chi connectivity index (χ1v) is 9.27. The molecule has 0 radical (unpaired) electrons. The van der Waals surface area contributed by atoms with Crippen LogP contribution in [-0.2, 0) is 11.2 Å². The number of aliphatic imine (C=N–C) groups is 1. The fraction of sp³-hybridized carbons (Fsp3) is 0.550. The predicted molar refractivity (Wildman–Crippen MR) is 125 cm³/mol. The summed E-state index contributed by atoms with van der Waals surface area (Å²) in [6.45, 7) is 9.37. The Labute approximate surface area is 185 Å². The van der Waals surface area contributed by atoms with Crippen LogP contribution in [0.4, 0.5) is 0 Å². The summed E-state index contributed by atoms with van der Waals surface area (Å²) in [5.74, 6) is 0.538. The molecule has 1 rings (SSSR count). The number of guanidine groups is 1. The molecule has 0 aliphatic carbocycles. The Balaban J connectivity index is 0.00000729. The van der Waals surface area contributed by atoms with Crippen molar-refractivity contribution in [2.75, 3.05) is 33.7 Å². The van der Waals surface area contributed by atoms with Crippen LogP contribution < -0.4 is 16.0 Å². The summed E-state index contributed by atoms with van der Waals surface area (Å²) in [5.41, 5.74) is 1.43. The standard InChI is InChI=1S/C20H33N5O2.HI/c1-7-22-19(25(6)14-17(26)24-20(2,3)4)23-12-11-15-9-8-10-16(13-15)18(27)21-5;/h8-10,13H,7,11-12,14H2,1-6H3,(H,21,27)(H,22,23)(H,24,26);1H. The SMILES string of the molecule is CCNC(=NCCc1cccc(C(=O)NC)c1)N(C)CC(=O)NC(C)(C)C.I. The quantitative estimate of drug-likeness (QED) is 0.302. The van der Waals surface area contributed by atoms with Crippen molar-refractivity contribution in [2.24, 2.45) is 4.99 Å². The first-order valence-electron chi connectivity index (χ1n) is 9.27. The van der Waals surface area contributed by atoms with Gasteiger partial charge in [-0.3, -0.25) is 14.6 Å². The van der Waals surface area contributed by atoms with Gasteiger partial charge in [-0.15, -0.1) is 24.0 Å². The smallest absolute Gasteiger partial charge is 0.251 e. The van der Waals surface area contributed by atoms with E-state index in [2.05, 4.69) is 20.9 Å². The molecule has 0 aliphatic heterocycles. The third-order valence-corrected chi connectivity index (χ3v) is 3.67. The normalized spacial score (nSPS) is 11.3. The molecule has 3 N–H and O–H groups in total. The Hall–Kier alpha value is -1.84. The van der Waals surface area contributed by atoms with E-state index in [0.717, 1.165) is 12.1 Å². The Kier molecular flexibility index (Phi) is 11.8. The van der Waals surface area contributed by atoms with Gasteiger partial charge >= 0.3 is 0 Å². The number of likely N-dealkylation sites (N-methyl/N-ethyl adjacent to an activating group) is 1. The molecule has 0 saturated heterocycles. The summed E-state index contributed by atoms with van der Waals surface area (Å²) in [7, 11) is 3.46. The van der Waals surface area contributed by atoms with Crippen molar-refractivity contribution < 1.29 is 9.59 Å². The van der Waals surface area contributed by atoms with E-state index in [-0.39, 0.29) is 47.9 Å². The molecule has 28 heavy (non-hydrogen) atoms. The number of halogens is 1. The number of carbonyl (C=O) groups excluding carboxylic acids is 2. The summed E-state index contributed by atoms with van der Waals surface area (Å²) in [6.07, 6.45) is 0.710. The van der Waals surface area contributed by atoms with Crippen molar-refractivity contribution in [3.05, 3.63) is 35.4 Å². The van der Waals surface area contributed by atoms with Crippen LogP contribution in [-0.4, -0.2) is 61.9 Å². The molecule has 8 heteroatoms. The first-order chi connectivity index (χ1) is 12.7. The second-order valence-electron chi connectivity index (χ2n) is 7.42. The maximum atomic E-state index is 12.1. The summed E-state index contributed by atoms with van der Waals surface area (Å²) < 4.78 is 0. The monoisotopic (exact) mass is 503 g/mol. The zero-order chi connectivity index (χ0) is 20.4. The molecule has 0 heterocycles. The molecule has 0 fully saturated rings. The fourth-order valence-electron chi connectivity index (χ4n) is 2.52. The van der Waals surface area contributed by atoms with Crippen LogP contribution >= 0.6 is 24.0 Å². The minimum absolute atomic E-state index is 0. The van der Waals surface area contributed by atoms with Crippen LogP contribution in [0.15, 0.2) is 29.3 Å². The molecule has 0 atom stereocenters. The second kappa shape index (κ2) is 12.6. The Morgan fingerprint density at radius 1 is 1.21 bits per heavy atom. The van der Waals surface area contributed by atoms with E-state index in [0.29, 0.717) is 24.5 Å². The number of hydrogen-bond donors (Lipinski definition) is 3. The molecule has 0 unspecified atom stereocenters. The van der Waals surface area contributed by atoms with Crippen molar-refractivity contribution in [1.29, 1.82) is 0 Å². The summed E-state index contributed by atoms with van der Waals surface area (Å²) in [5, 5.41) is 8.79. The molecule has 2 amide bonds. The molecule has 1 aromatic rings. The number of carbonyl (C=O) groups is 2. The lowest BCUT2D eigenvalue weighted by Gasteiger charge is -2.25. The van der Waals surface area contributed by atoms with E-state index in [1.807, 2.05) is 57.8 Å². The molecule has 0 saturated carbocycles. The van der Waals surface area contributed by atoms with Gasteiger partial charge in [0.15, 0.2) is 5.96 Å². The van der Waals surface area contributed by atoms with Gasteiger partial charge in [0.1, 0.15) is 0 Å². The fourth-order valence-corrected chi connectivity index (χ4v) is 2.52. The Morgan fingerprint density at radius 2 is 1.89 bits per heavy atom. The number of benzene rings is 1. The van der Waals surface area contributed by atoms with E-state index in [1.54, 1.807) is 13.1 Å². The summed E-state index contributed by atoms with van der Waals surface area (Å²) in [6, 6.07) is 7.52. The van der Waals surface area contributed by atoms with Gasteiger partial charge in [-0.1, -0.05) is 12.1 Å². The molecular weight excluding hydrogens is 469 g/mol. The second-order valence-corrected chi connectivity index (χ2v) is 7.42.